The lowest BCUT2D eigenvalue weighted by molar-refractivity contribution is 0.0383. The van der Waals surface area contributed by atoms with E-state index in [2.05, 4.69) is 0 Å². The molecule has 0 unspecified atom stereocenters. The standard InChI is InChI=1S/C9H21B3O9/c1-13-4-7-16-10-19-11(17-8-5-14-2)21-12(20-10)18-9-6-15-3/h4-9H2,1-3H3. The van der Waals surface area contributed by atoms with Crippen molar-refractivity contribution in [1.29, 1.82) is 0 Å². The average Bonchev–Trinajstić information content (AvgIpc) is 2.48. The van der Waals surface area contributed by atoms with Gasteiger partial charge in [-0.1, -0.05) is 0 Å². The molecule has 0 radical (unpaired) electrons. The third kappa shape index (κ3) is 8.76. The van der Waals surface area contributed by atoms with Crippen molar-refractivity contribution < 1.29 is 41.9 Å². The van der Waals surface area contributed by atoms with Crippen LogP contribution in [0.1, 0.15) is 0 Å². The second kappa shape index (κ2) is 12.4. The molecule has 1 heterocycles. The van der Waals surface area contributed by atoms with Crippen molar-refractivity contribution in [2.24, 2.45) is 0 Å². The van der Waals surface area contributed by atoms with Crippen LogP contribution in [0.25, 0.3) is 0 Å². The first-order valence-electron chi connectivity index (χ1n) is 6.58. The van der Waals surface area contributed by atoms with Crippen LogP contribution in [0.3, 0.4) is 0 Å². The summed E-state index contributed by atoms with van der Waals surface area (Å²) in [5.74, 6) is 0. The first-order chi connectivity index (χ1) is 10.3. The Hall–Kier alpha value is -0.165. The molecule has 0 bridgehead atoms. The minimum atomic E-state index is -0.964. The molecular weight excluding hydrogens is 285 g/mol. The molecule has 1 aliphatic heterocycles. The van der Waals surface area contributed by atoms with E-state index in [4.69, 9.17) is 41.9 Å². The van der Waals surface area contributed by atoms with Crippen LogP contribution in [-0.2, 0) is 41.9 Å². The number of ether oxygens (including phenoxy) is 3. The number of hydrogen-bond donors (Lipinski definition) is 0. The SMILES string of the molecule is COCCOB1OB(OCCOC)OB(OCCOC)O1. The lowest BCUT2D eigenvalue weighted by Crippen LogP contribution is -2.53. The van der Waals surface area contributed by atoms with Gasteiger partial charge in [-0.05, 0) is 0 Å². The van der Waals surface area contributed by atoms with Gasteiger partial charge in [0.15, 0.2) is 0 Å². The monoisotopic (exact) mass is 306 g/mol. The van der Waals surface area contributed by atoms with Crippen molar-refractivity contribution in [3.63, 3.8) is 0 Å². The molecule has 1 rings (SSSR count). The highest BCUT2D eigenvalue weighted by atomic mass is 16.9. The summed E-state index contributed by atoms with van der Waals surface area (Å²) in [6.07, 6.45) is 0. The molecule has 0 saturated carbocycles. The van der Waals surface area contributed by atoms with Gasteiger partial charge in [0.05, 0.1) is 39.6 Å². The molecular formula is C9H21B3O9. The first kappa shape index (κ1) is 18.9. The van der Waals surface area contributed by atoms with Gasteiger partial charge in [-0.25, -0.2) is 0 Å². The predicted octanol–water partition coefficient (Wildman–Crippen LogP) is -1.01. The quantitative estimate of drug-likeness (QED) is 0.333. The van der Waals surface area contributed by atoms with Crippen LogP contribution in [0, 0.1) is 0 Å². The molecule has 9 nitrogen and oxygen atoms in total. The predicted molar refractivity (Wildman–Crippen MR) is 74.0 cm³/mol. The second-order valence-electron chi connectivity index (χ2n) is 3.87. The lowest BCUT2D eigenvalue weighted by atomic mass is 9.96. The summed E-state index contributed by atoms with van der Waals surface area (Å²) in [7, 11) is 1.82. The van der Waals surface area contributed by atoms with E-state index in [0.717, 1.165) is 0 Å². The zero-order chi connectivity index (χ0) is 15.3. The largest absolute Gasteiger partial charge is 0.615 e. The average molecular weight is 306 g/mol. The summed E-state index contributed by atoms with van der Waals surface area (Å²) in [6.45, 7) is 2.14. The smallest absolute Gasteiger partial charge is 0.400 e. The molecule has 0 aromatic carbocycles. The molecule has 1 saturated heterocycles. The van der Waals surface area contributed by atoms with Crippen molar-refractivity contribution in [3.8, 4) is 0 Å². The van der Waals surface area contributed by atoms with E-state index in [-0.39, 0.29) is 0 Å². The van der Waals surface area contributed by atoms with Gasteiger partial charge in [0.2, 0.25) is 0 Å². The molecule has 0 atom stereocenters. The van der Waals surface area contributed by atoms with Crippen molar-refractivity contribution in [3.05, 3.63) is 0 Å². The highest BCUT2D eigenvalue weighted by Crippen LogP contribution is 2.11. The van der Waals surface area contributed by atoms with Gasteiger partial charge in [-0.15, -0.1) is 0 Å². The molecule has 0 N–H and O–H groups in total. The number of rotatable bonds is 12. The van der Waals surface area contributed by atoms with Crippen molar-refractivity contribution >= 4 is 22.0 Å². The van der Waals surface area contributed by atoms with Crippen LogP contribution >= 0.6 is 0 Å². The molecule has 21 heavy (non-hydrogen) atoms. The Kier molecular flexibility index (Phi) is 11.1. The Morgan fingerprint density at radius 2 is 0.810 bits per heavy atom. The summed E-state index contributed by atoms with van der Waals surface area (Å²) < 4.78 is 46.5. The fraction of sp³-hybridized carbons (Fsp3) is 1.00. The third-order valence-electron chi connectivity index (χ3n) is 2.29. The Morgan fingerprint density at radius 1 is 0.524 bits per heavy atom. The summed E-state index contributed by atoms with van der Waals surface area (Å²) in [4.78, 5) is 0. The molecule has 12 heteroatoms. The minimum Gasteiger partial charge on any atom is -0.400 e. The van der Waals surface area contributed by atoms with Crippen molar-refractivity contribution in [2.45, 2.75) is 0 Å². The van der Waals surface area contributed by atoms with Crippen LogP contribution in [0.2, 0.25) is 0 Å². The molecule has 0 aromatic rings. The Labute approximate surface area is 125 Å². The topological polar surface area (TPSA) is 83.1 Å². The van der Waals surface area contributed by atoms with Crippen LogP contribution in [0.5, 0.6) is 0 Å². The van der Waals surface area contributed by atoms with Gasteiger partial charge < -0.3 is 41.9 Å². The normalized spacial score (nSPS) is 15.9. The molecule has 1 aliphatic rings. The van der Waals surface area contributed by atoms with Gasteiger partial charge >= 0.3 is 22.0 Å². The summed E-state index contributed by atoms with van der Waals surface area (Å²) >= 11 is 0. The molecule has 120 valence electrons. The van der Waals surface area contributed by atoms with Crippen LogP contribution in [0.15, 0.2) is 0 Å². The first-order valence-corrected chi connectivity index (χ1v) is 6.58. The highest BCUT2D eigenvalue weighted by molar-refractivity contribution is 6.66. The molecule has 0 spiro atoms. The van der Waals surface area contributed by atoms with Crippen molar-refractivity contribution in [2.75, 3.05) is 61.0 Å². The van der Waals surface area contributed by atoms with E-state index in [1.54, 1.807) is 21.3 Å². The van der Waals surface area contributed by atoms with Gasteiger partial charge in [-0.3, -0.25) is 0 Å². The zero-order valence-electron chi connectivity index (χ0n) is 12.6. The Balaban J connectivity index is 2.35. The summed E-state index contributed by atoms with van der Waals surface area (Å²) in [5.41, 5.74) is 0. The van der Waals surface area contributed by atoms with E-state index in [1.807, 2.05) is 0 Å². The maximum absolute atomic E-state index is 5.32. The lowest BCUT2D eigenvalue weighted by Gasteiger charge is -2.28. The fourth-order valence-electron chi connectivity index (χ4n) is 1.29. The van der Waals surface area contributed by atoms with Gasteiger partial charge in [0, 0.05) is 21.3 Å². The minimum absolute atomic E-state index is 0.302. The van der Waals surface area contributed by atoms with Crippen molar-refractivity contribution in [1.82, 2.24) is 0 Å². The zero-order valence-corrected chi connectivity index (χ0v) is 12.6. The van der Waals surface area contributed by atoms with Gasteiger partial charge in [0.25, 0.3) is 0 Å². The highest BCUT2D eigenvalue weighted by Gasteiger charge is 2.46. The Bertz CT molecular complexity index is 206. The second-order valence-corrected chi connectivity index (χ2v) is 3.87. The third-order valence-corrected chi connectivity index (χ3v) is 2.29. The number of methoxy groups -OCH3 is 3. The number of hydrogen-bond acceptors (Lipinski definition) is 9. The van der Waals surface area contributed by atoms with Crippen LogP contribution in [-0.4, -0.2) is 82.9 Å². The van der Waals surface area contributed by atoms with E-state index in [9.17, 15) is 0 Å². The fourth-order valence-corrected chi connectivity index (χ4v) is 1.29. The molecule has 0 amide bonds. The van der Waals surface area contributed by atoms with E-state index >= 15 is 0 Å². The summed E-state index contributed by atoms with van der Waals surface area (Å²) in [5, 5.41) is 0. The molecule has 1 fully saturated rings. The maximum Gasteiger partial charge on any atom is 0.615 e. The van der Waals surface area contributed by atoms with Gasteiger partial charge in [0.1, 0.15) is 0 Å². The van der Waals surface area contributed by atoms with Gasteiger partial charge in [-0.2, -0.15) is 0 Å². The van der Waals surface area contributed by atoms with E-state index in [0.29, 0.717) is 39.6 Å². The molecule has 0 aliphatic carbocycles. The Morgan fingerprint density at radius 3 is 1.05 bits per heavy atom. The molecule has 0 aromatic heterocycles. The summed E-state index contributed by atoms with van der Waals surface area (Å²) in [6, 6.07) is 0. The van der Waals surface area contributed by atoms with Crippen LogP contribution < -0.4 is 0 Å². The maximum atomic E-state index is 5.32. The van der Waals surface area contributed by atoms with E-state index < -0.39 is 22.0 Å². The van der Waals surface area contributed by atoms with Crippen LogP contribution in [0.4, 0.5) is 0 Å². The van der Waals surface area contributed by atoms with E-state index in [1.165, 1.54) is 0 Å².